The van der Waals surface area contributed by atoms with E-state index in [1.54, 1.807) is 6.07 Å². The summed E-state index contributed by atoms with van der Waals surface area (Å²) in [5.74, 6) is 1.75. The van der Waals surface area contributed by atoms with Gasteiger partial charge in [-0.05, 0) is 54.2 Å². The van der Waals surface area contributed by atoms with Crippen LogP contribution in [0.5, 0.6) is 5.75 Å². The molecule has 2 aliphatic carbocycles. The molecule has 1 aromatic rings. The Labute approximate surface area is 191 Å². The lowest BCUT2D eigenvalue weighted by atomic mass is 9.74. The highest BCUT2D eigenvalue weighted by Gasteiger charge is 2.32. The lowest BCUT2D eigenvalue weighted by Crippen LogP contribution is -2.18. The molecule has 0 bridgehead atoms. The van der Waals surface area contributed by atoms with Crippen molar-refractivity contribution >= 4 is 0 Å². The fraction of sp³-hybridized carbons (Fsp3) is 0.778. The second kappa shape index (κ2) is 12.3. The molecule has 0 atom stereocenters. The lowest BCUT2D eigenvalue weighted by Gasteiger charge is -2.32. The molecular formula is C27H40F4O. The molecule has 32 heavy (non-hydrogen) atoms. The van der Waals surface area contributed by atoms with Crippen molar-refractivity contribution in [1.29, 1.82) is 0 Å². The molecule has 182 valence electrons. The van der Waals surface area contributed by atoms with Crippen LogP contribution >= 0.6 is 0 Å². The van der Waals surface area contributed by atoms with E-state index in [1.807, 2.05) is 0 Å². The standard InChI is InChI=1S/C27H40F4O/c1-2-3-4-20-5-7-21(8-6-20)9-10-22-11-13-23(14-12-22)15-16-24-17-18-26(25(28)19-24)32-27(29,30)31/h17-23H,2-16H2,1H3. The highest BCUT2D eigenvalue weighted by atomic mass is 19.4. The van der Waals surface area contributed by atoms with Crippen molar-refractivity contribution in [2.75, 3.05) is 0 Å². The molecule has 0 unspecified atom stereocenters. The average molecular weight is 457 g/mol. The molecule has 2 fully saturated rings. The summed E-state index contributed by atoms with van der Waals surface area (Å²) in [6, 6.07) is 3.82. The number of ether oxygens (including phenoxy) is 1. The maximum atomic E-state index is 13.9. The van der Waals surface area contributed by atoms with Crippen LogP contribution in [-0.4, -0.2) is 6.36 Å². The summed E-state index contributed by atoms with van der Waals surface area (Å²) < 4.78 is 54.4. The normalized spacial score (nSPS) is 26.8. The zero-order valence-electron chi connectivity index (χ0n) is 19.6. The van der Waals surface area contributed by atoms with Crippen LogP contribution in [0.2, 0.25) is 0 Å². The Morgan fingerprint density at radius 1 is 0.781 bits per heavy atom. The van der Waals surface area contributed by atoms with Gasteiger partial charge in [-0.3, -0.25) is 0 Å². The summed E-state index contributed by atoms with van der Waals surface area (Å²) >= 11 is 0. The first-order valence-electron chi connectivity index (χ1n) is 12.9. The predicted octanol–water partition coefficient (Wildman–Crippen LogP) is 9.24. The molecule has 2 aliphatic rings. The summed E-state index contributed by atoms with van der Waals surface area (Å²) in [6.45, 7) is 2.29. The van der Waals surface area contributed by atoms with Gasteiger partial charge in [0.1, 0.15) is 0 Å². The van der Waals surface area contributed by atoms with Gasteiger partial charge in [0.2, 0.25) is 0 Å². The Morgan fingerprint density at radius 2 is 1.28 bits per heavy atom. The second-order valence-electron chi connectivity index (χ2n) is 10.3. The van der Waals surface area contributed by atoms with E-state index in [2.05, 4.69) is 11.7 Å². The molecule has 1 aromatic carbocycles. The summed E-state index contributed by atoms with van der Waals surface area (Å²) in [4.78, 5) is 0. The van der Waals surface area contributed by atoms with Crippen molar-refractivity contribution in [3.05, 3.63) is 29.6 Å². The predicted molar refractivity (Wildman–Crippen MR) is 121 cm³/mol. The number of unbranched alkanes of at least 4 members (excludes halogenated alkanes) is 1. The van der Waals surface area contributed by atoms with Gasteiger partial charge in [-0.25, -0.2) is 4.39 Å². The van der Waals surface area contributed by atoms with Gasteiger partial charge in [0.25, 0.3) is 0 Å². The van der Waals surface area contributed by atoms with Crippen molar-refractivity contribution in [3.63, 3.8) is 0 Å². The van der Waals surface area contributed by atoms with Crippen LogP contribution in [0, 0.1) is 29.5 Å². The highest BCUT2D eigenvalue weighted by Crippen LogP contribution is 2.38. The summed E-state index contributed by atoms with van der Waals surface area (Å²) in [7, 11) is 0. The maximum Gasteiger partial charge on any atom is 0.573 e. The van der Waals surface area contributed by atoms with Gasteiger partial charge >= 0.3 is 6.36 Å². The molecule has 0 N–H and O–H groups in total. The van der Waals surface area contributed by atoms with E-state index in [1.165, 1.54) is 89.5 Å². The first-order chi connectivity index (χ1) is 15.3. The highest BCUT2D eigenvalue weighted by molar-refractivity contribution is 5.29. The molecule has 0 aromatic heterocycles. The van der Waals surface area contributed by atoms with E-state index in [4.69, 9.17) is 0 Å². The van der Waals surface area contributed by atoms with Gasteiger partial charge in [-0.2, -0.15) is 0 Å². The smallest absolute Gasteiger partial charge is 0.403 e. The van der Waals surface area contributed by atoms with Crippen LogP contribution in [-0.2, 0) is 6.42 Å². The largest absolute Gasteiger partial charge is 0.573 e. The second-order valence-corrected chi connectivity index (χ2v) is 10.3. The number of halogens is 4. The van der Waals surface area contributed by atoms with Gasteiger partial charge in [0.05, 0.1) is 0 Å². The van der Waals surface area contributed by atoms with E-state index in [9.17, 15) is 17.6 Å². The number of alkyl halides is 3. The Hall–Kier alpha value is -1.26. The minimum atomic E-state index is -4.87. The Kier molecular flexibility index (Phi) is 9.73. The Balaban J connectivity index is 1.30. The molecule has 0 heterocycles. The zero-order valence-corrected chi connectivity index (χ0v) is 19.6. The van der Waals surface area contributed by atoms with Crippen LogP contribution in [0.1, 0.15) is 102 Å². The molecule has 0 amide bonds. The molecule has 0 spiro atoms. The zero-order chi connectivity index (χ0) is 23.0. The molecule has 5 heteroatoms. The number of benzene rings is 1. The minimum Gasteiger partial charge on any atom is -0.403 e. The van der Waals surface area contributed by atoms with Gasteiger partial charge in [0, 0.05) is 0 Å². The lowest BCUT2D eigenvalue weighted by molar-refractivity contribution is -0.275. The molecule has 0 saturated heterocycles. The van der Waals surface area contributed by atoms with Gasteiger partial charge in [0.15, 0.2) is 11.6 Å². The van der Waals surface area contributed by atoms with Crippen LogP contribution in [0.25, 0.3) is 0 Å². The summed E-state index contributed by atoms with van der Waals surface area (Å²) in [5, 5.41) is 0. The third-order valence-electron chi connectivity index (χ3n) is 7.94. The quantitative estimate of drug-likeness (QED) is 0.319. The van der Waals surface area contributed by atoms with E-state index >= 15 is 0 Å². The first kappa shape index (κ1) is 25.4. The fourth-order valence-electron chi connectivity index (χ4n) is 5.86. The van der Waals surface area contributed by atoms with Crippen molar-refractivity contribution in [2.24, 2.45) is 23.7 Å². The third kappa shape index (κ3) is 8.59. The topological polar surface area (TPSA) is 9.23 Å². The number of rotatable bonds is 10. The Bertz CT molecular complexity index is 671. The molecule has 0 radical (unpaired) electrons. The van der Waals surface area contributed by atoms with Crippen molar-refractivity contribution in [3.8, 4) is 5.75 Å². The monoisotopic (exact) mass is 456 g/mol. The molecule has 1 nitrogen and oxygen atoms in total. The fourth-order valence-corrected chi connectivity index (χ4v) is 5.86. The van der Waals surface area contributed by atoms with Gasteiger partial charge in [-0.1, -0.05) is 96.5 Å². The molecule has 2 saturated carbocycles. The van der Waals surface area contributed by atoms with Crippen LogP contribution in [0.3, 0.4) is 0 Å². The number of aryl methyl sites for hydroxylation is 1. The van der Waals surface area contributed by atoms with Crippen molar-refractivity contribution < 1.29 is 22.3 Å². The Morgan fingerprint density at radius 3 is 1.75 bits per heavy atom. The molecular weight excluding hydrogens is 416 g/mol. The minimum absolute atomic E-state index is 0.648. The van der Waals surface area contributed by atoms with E-state index in [0.29, 0.717) is 12.3 Å². The number of hydrogen-bond donors (Lipinski definition) is 0. The average Bonchev–Trinajstić information content (AvgIpc) is 2.77. The van der Waals surface area contributed by atoms with Crippen LogP contribution in [0.4, 0.5) is 17.6 Å². The van der Waals surface area contributed by atoms with Gasteiger partial charge in [-0.15, -0.1) is 13.2 Å². The van der Waals surface area contributed by atoms with E-state index in [0.717, 1.165) is 35.8 Å². The van der Waals surface area contributed by atoms with E-state index in [-0.39, 0.29) is 0 Å². The van der Waals surface area contributed by atoms with Crippen LogP contribution < -0.4 is 4.74 Å². The summed E-state index contributed by atoms with van der Waals surface area (Å²) in [5.41, 5.74) is 0.744. The SMILES string of the molecule is CCCCC1CCC(CCC2CCC(CCc3ccc(OC(F)(F)F)c(F)c3)CC2)CC1. The summed E-state index contributed by atoms with van der Waals surface area (Å²) in [6.07, 6.45) is 14.6. The maximum absolute atomic E-state index is 13.9. The first-order valence-corrected chi connectivity index (χ1v) is 12.9. The third-order valence-corrected chi connectivity index (χ3v) is 7.94. The van der Waals surface area contributed by atoms with Gasteiger partial charge < -0.3 is 4.74 Å². The van der Waals surface area contributed by atoms with Crippen molar-refractivity contribution in [1.82, 2.24) is 0 Å². The van der Waals surface area contributed by atoms with Crippen LogP contribution in [0.15, 0.2) is 18.2 Å². The molecule has 0 aliphatic heterocycles. The molecule has 3 rings (SSSR count). The number of hydrogen-bond acceptors (Lipinski definition) is 1. The van der Waals surface area contributed by atoms with Crippen molar-refractivity contribution in [2.45, 2.75) is 110 Å². The van der Waals surface area contributed by atoms with E-state index < -0.39 is 17.9 Å².